The average Bonchev–Trinajstić information content (AvgIpc) is 2.21. The number of rotatable bonds is 4. The Morgan fingerprint density at radius 3 is 2.00 bits per heavy atom. The molecule has 0 saturated heterocycles. The molecule has 13 heavy (non-hydrogen) atoms. The van der Waals surface area contributed by atoms with Gasteiger partial charge in [-0.2, -0.15) is 12.6 Å². The summed E-state index contributed by atoms with van der Waals surface area (Å²) in [4.78, 5) is 10.7. The molecule has 0 aliphatic heterocycles. The van der Waals surface area contributed by atoms with E-state index >= 15 is 0 Å². The van der Waals surface area contributed by atoms with E-state index in [1.165, 1.54) is 0 Å². The van der Waals surface area contributed by atoms with Crippen LogP contribution in [-0.4, -0.2) is 18.2 Å². The maximum absolute atomic E-state index is 10.7. The van der Waals surface area contributed by atoms with Crippen LogP contribution in [0.25, 0.3) is 0 Å². The van der Waals surface area contributed by atoms with Crippen LogP contribution < -0.4 is 5.32 Å². The summed E-state index contributed by atoms with van der Waals surface area (Å²) in [6.07, 6.45) is 1.48. The molecule has 0 rings (SSSR count). The van der Waals surface area contributed by atoms with Crippen molar-refractivity contribution in [3.05, 3.63) is 0 Å². The van der Waals surface area contributed by atoms with Gasteiger partial charge in [0.05, 0.1) is 0 Å². The molecular formula is C10H25NOS. The SMILES string of the molecule is CC.CC.CCNC(=O)CCCS. The fourth-order valence-corrected chi connectivity index (χ4v) is 0.683. The molecule has 0 aliphatic rings. The zero-order valence-corrected chi connectivity index (χ0v) is 10.6. The Hall–Kier alpha value is -0.180. The van der Waals surface area contributed by atoms with E-state index in [1.807, 2.05) is 34.6 Å². The Morgan fingerprint density at radius 1 is 1.23 bits per heavy atom. The topological polar surface area (TPSA) is 29.1 Å². The van der Waals surface area contributed by atoms with Gasteiger partial charge in [-0.15, -0.1) is 0 Å². The molecule has 0 aromatic rings. The van der Waals surface area contributed by atoms with Gasteiger partial charge in [0.2, 0.25) is 5.91 Å². The molecule has 0 heterocycles. The van der Waals surface area contributed by atoms with Crippen molar-refractivity contribution in [3.63, 3.8) is 0 Å². The Labute approximate surface area is 88.9 Å². The highest BCUT2D eigenvalue weighted by molar-refractivity contribution is 7.80. The molecule has 1 amide bonds. The third-order valence-corrected chi connectivity index (χ3v) is 1.25. The Morgan fingerprint density at radius 2 is 1.69 bits per heavy atom. The molecule has 82 valence electrons. The standard InChI is InChI=1S/C6H13NOS.2C2H6/c1-2-7-6(8)4-3-5-9;2*1-2/h9H,2-5H2,1H3,(H,7,8);2*1-2H3. The molecular weight excluding hydrogens is 182 g/mol. The van der Waals surface area contributed by atoms with Gasteiger partial charge >= 0.3 is 0 Å². The van der Waals surface area contributed by atoms with E-state index in [9.17, 15) is 4.79 Å². The van der Waals surface area contributed by atoms with E-state index in [-0.39, 0.29) is 5.91 Å². The summed E-state index contributed by atoms with van der Waals surface area (Å²) in [5, 5.41) is 2.71. The van der Waals surface area contributed by atoms with Gasteiger partial charge < -0.3 is 5.32 Å². The van der Waals surface area contributed by atoms with E-state index < -0.39 is 0 Å². The molecule has 0 aromatic heterocycles. The Bertz CT molecular complexity index is 87.0. The molecule has 0 saturated carbocycles. The van der Waals surface area contributed by atoms with Crippen molar-refractivity contribution in [2.45, 2.75) is 47.5 Å². The molecule has 0 unspecified atom stereocenters. The second kappa shape index (κ2) is 22.6. The maximum atomic E-state index is 10.7. The number of carbonyl (C=O) groups is 1. The summed E-state index contributed by atoms with van der Waals surface area (Å²) >= 11 is 3.98. The first-order chi connectivity index (χ1) is 6.31. The van der Waals surface area contributed by atoms with Crippen molar-refractivity contribution < 1.29 is 4.79 Å². The maximum Gasteiger partial charge on any atom is 0.220 e. The molecule has 0 radical (unpaired) electrons. The minimum atomic E-state index is 0.131. The molecule has 0 atom stereocenters. The molecule has 0 fully saturated rings. The van der Waals surface area contributed by atoms with Crippen LogP contribution in [0.4, 0.5) is 0 Å². The van der Waals surface area contributed by atoms with Crippen LogP contribution in [-0.2, 0) is 4.79 Å². The lowest BCUT2D eigenvalue weighted by Gasteiger charge is -1.98. The van der Waals surface area contributed by atoms with E-state index in [4.69, 9.17) is 0 Å². The van der Waals surface area contributed by atoms with Crippen molar-refractivity contribution in [3.8, 4) is 0 Å². The molecule has 2 nitrogen and oxygen atoms in total. The van der Waals surface area contributed by atoms with Crippen LogP contribution in [0, 0.1) is 0 Å². The van der Waals surface area contributed by atoms with Crippen LogP contribution in [0.15, 0.2) is 0 Å². The summed E-state index contributed by atoms with van der Waals surface area (Å²) in [6, 6.07) is 0. The molecule has 3 heteroatoms. The summed E-state index contributed by atoms with van der Waals surface area (Å²) < 4.78 is 0. The number of carbonyl (C=O) groups excluding carboxylic acids is 1. The summed E-state index contributed by atoms with van der Waals surface area (Å²) in [6.45, 7) is 10.6. The van der Waals surface area contributed by atoms with Crippen LogP contribution in [0.1, 0.15) is 47.5 Å². The van der Waals surface area contributed by atoms with Crippen molar-refractivity contribution in [2.24, 2.45) is 0 Å². The zero-order valence-electron chi connectivity index (χ0n) is 9.68. The monoisotopic (exact) mass is 207 g/mol. The fourth-order valence-electron chi connectivity index (χ4n) is 0.525. The smallest absolute Gasteiger partial charge is 0.220 e. The molecule has 0 aromatic carbocycles. The largest absolute Gasteiger partial charge is 0.356 e. The number of hydrogen-bond donors (Lipinski definition) is 2. The first kappa shape index (κ1) is 18.6. The first-order valence-electron chi connectivity index (χ1n) is 5.18. The Balaban J connectivity index is -0.000000218. The number of amides is 1. The van der Waals surface area contributed by atoms with Crippen LogP contribution in [0.5, 0.6) is 0 Å². The minimum Gasteiger partial charge on any atom is -0.356 e. The van der Waals surface area contributed by atoms with Crippen molar-refractivity contribution in [2.75, 3.05) is 12.3 Å². The van der Waals surface area contributed by atoms with Gasteiger partial charge in [0.25, 0.3) is 0 Å². The van der Waals surface area contributed by atoms with E-state index in [0.29, 0.717) is 6.42 Å². The van der Waals surface area contributed by atoms with Gasteiger partial charge in [-0.3, -0.25) is 4.79 Å². The normalized spacial score (nSPS) is 7.23. The van der Waals surface area contributed by atoms with Crippen LogP contribution in [0.3, 0.4) is 0 Å². The first-order valence-corrected chi connectivity index (χ1v) is 5.82. The highest BCUT2D eigenvalue weighted by atomic mass is 32.1. The van der Waals surface area contributed by atoms with Gasteiger partial charge in [-0.25, -0.2) is 0 Å². The molecule has 0 bridgehead atoms. The third-order valence-electron chi connectivity index (χ3n) is 0.936. The zero-order chi connectivity index (χ0) is 11.1. The molecule has 1 N–H and O–H groups in total. The van der Waals surface area contributed by atoms with Crippen molar-refractivity contribution in [1.29, 1.82) is 0 Å². The average molecular weight is 207 g/mol. The quantitative estimate of drug-likeness (QED) is 0.682. The predicted octanol–water partition coefficient (Wildman–Crippen LogP) is 2.88. The van der Waals surface area contributed by atoms with Gasteiger partial charge in [0, 0.05) is 13.0 Å². The summed E-state index contributed by atoms with van der Waals surface area (Å²) in [5.41, 5.74) is 0. The lowest BCUT2D eigenvalue weighted by Crippen LogP contribution is -2.22. The number of nitrogens with one attached hydrogen (secondary N) is 1. The van der Waals surface area contributed by atoms with Crippen molar-refractivity contribution >= 4 is 18.5 Å². The summed E-state index contributed by atoms with van der Waals surface area (Å²) in [5.74, 6) is 0.920. The van der Waals surface area contributed by atoms with Crippen molar-refractivity contribution in [1.82, 2.24) is 5.32 Å². The van der Waals surface area contributed by atoms with E-state index in [2.05, 4.69) is 17.9 Å². The number of hydrogen-bond acceptors (Lipinski definition) is 2. The Kier molecular flexibility index (Phi) is 32.3. The molecule has 0 spiro atoms. The molecule has 0 aliphatic carbocycles. The lowest BCUT2D eigenvalue weighted by molar-refractivity contribution is -0.120. The van der Waals surface area contributed by atoms with E-state index in [0.717, 1.165) is 18.7 Å². The van der Waals surface area contributed by atoms with Crippen LogP contribution in [0.2, 0.25) is 0 Å². The van der Waals surface area contributed by atoms with Gasteiger partial charge in [0.15, 0.2) is 0 Å². The second-order valence-corrected chi connectivity index (χ2v) is 2.23. The highest BCUT2D eigenvalue weighted by Crippen LogP contribution is 1.89. The fraction of sp³-hybridized carbons (Fsp3) is 0.900. The van der Waals surface area contributed by atoms with Gasteiger partial charge in [-0.1, -0.05) is 27.7 Å². The number of thiol groups is 1. The second-order valence-electron chi connectivity index (χ2n) is 1.78. The minimum absolute atomic E-state index is 0.131. The van der Waals surface area contributed by atoms with Crippen LogP contribution >= 0.6 is 12.6 Å². The summed E-state index contributed by atoms with van der Waals surface area (Å²) in [7, 11) is 0. The van der Waals surface area contributed by atoms with Gasteiger partial charge in [0.1, 0.15) is 0 Å². The highest BCUT2D eigenvalue weighted by Gasteiger charge is 1.95. The van der Waals surface area contributed by atoms with Gasteiger partial charge in [-0.05, 0) is 19.1 Å². The predicted molar refractivity (Wildman–Crippen MR) is 64.5 cm³/mol. The van der Waals surface area contributed by atoms with E-state index in [1.54, 1.807) is 0 Å². The third kappa shape index (κ3) is 24.5. The lowest BCUT2D eigenvalue weighted by atomic mass is 10.3.